The molecule has 0 N–H and O–H groups in total. The Labute approximate surface area is 138 Å². The van der Waals surface area contributed by atoms with Gasteiger partial charge in [0, 0.05) is 24.5 Å². The van der Waals surface area contributed by atoms with E-state index in [9.17, 15) is 0 Å². The van der Waals surface area contributed by atoms with Crippen molar-refractivity contribution in [3.63, 3.8) is 0 Å². The van der Waals surface area contributed by atoms with E-state index in [0.717, 1.165) is 11.4 Å². The lowest BCUT2D eigenvalue weighted by Crippen LogP contribution is -1.77. The first-order chi connectivity index (χ1) is 10.7. The van der Waals surface area contributed by atoms with Crippen molar-refractivity contribution >= 4 is 35.4 Å². The third kappa shape index (κ3) is 7.21. The minimum Gasteiger partial charge on any atom is -0.255 e. The van der Waals surface area contributed by atoms with Crippen molar-refractivity contribution in [3.05, 3.63) is 70.2 Å². The van der Waals surface area contributed by atoms with Crippen molar-refractivity contribution in [1.29, 1.82) is 10.5 Å². The Bertz CT molecular complexity index is 655. The fraction of sp³-hybridized carbons (Fsp3) is 0. The molecule has 0 bridgehead atoms. The largest absolute Gasteiger partial charge is 0.255 e. The molecule has 0 radical (unpaired) electrons. The fourth-order valence-electron chi connectivity index (χ4n) is 1.22. The average Bonchev–Trinajstić information content (AvgIpc) is 2.54. The van der Waals surface area contributed by atoms with E-state index in [1.807, 2.05) is 12.1 Å². The molecule has 0 aromatic carbocycles. The molecule has 0 unspecified atom stereocenters. The van der Waals surface area contributed by atoms with E-state index in [1.165, 1.54) is 12.2 Å². The molecule has 0 fully saturated rings. The first kappa shape index (κ1) is 17.4. The van der Waals surface area contributed by atoms with Crippen LogP contribution in [-0.4, -0.2) is 9.97 Å². The Morgan fingerprint density at radius 2 is 1.18 bits per heavy atom. The van der Waals surface area contributed by atoms with Crippen LogP contribution >= 0.6 is 23.2 Å². The smallest absolute Gasteiger partial charge is 0.0912 e. The molecule has 0 amide bonds. The highest BCUT2D eigenvalue weighted by Crippen LogP contribution is 2.07. The summed E-state index contributed by atoms with van der Waals surface area (Å²) >= 11 is 11.2. The molecule has 6 heteroatoms. The lowest BCUT2D eigenvalue weighted by molar-refractivity contribution is 1.30. The number of aromatic nitrogens is 2. The molecule has 4 nitrogen and oxygen atoms in total. The van der Waals surface area contributed by atoms with Gasteiger partial charge in [-0.25, -0.2) is 0 Å². The van der Waals surface area contributed by atoms with Crippen LogP contribution < -0.4 is 0 Å². The SMILES string of the molecule is N#C/C=C/c1ccc(Cl)cn1.N#C/C=C/c1ccc(Cl)cn1. The summed E-state index contributed by atoms with van der Waals surface area (Å²) in [6.07, 6.45) is 9.07. The number of halogens is 2. The predicted molar refractivity (Wildman–Crippen MR) is 87.8 cm³/mol. The Morgan fingerprint density at radius 3 is 1.45 bits per heavy atom. The molecule has 108 valence electrons. The van der Waals surface area contributed by atoms with Crippen LogP contribution in [0.15, 0.2) is 48.8 Å². The Balaban J connectivity index is 0.000000220. The highest BCUT2D eigenvalue weighted by molar-refractivity contribution is 6.30. The first-order valence-corrected chi connectivity index (χ1v) is 6.76. The standard InChI is InChI=1S/2C8H5ClN2/c2*9-7-3-4-8(11-6-7)2-1-5-10/h2*1-4,6H/b2*2-1+. The van der Waals surface area contributed by atoms with Crippen molar-refractivity contribution in [3.8, 4) is 12.1 Å². The lowest BCUT2D eigenvalue weighted by atomic mass is 10.3. The summed E-state index contributed by atoms with van der Waals surface area (Å²) in [4.78, 5) is 7.89. The maximum atomic E-state index is 8.19. The normalized spacial score (nSPS) is 9.82. The number of allylic oxidation sites excluding steroid dienone is 2. The molecule has 0 aliphatic heterocycles. The minimum absolute atomic E-state index is 0.596. The molecule has 0 aliphatic carbocycles. The van der Waals surface area contributed by atoms with Crippen LogP contribution in [0.4, 0.5) is 0 Å². The topological polar surface area (TPSA) is 73.4 Å². The molecular weight excluding hydrogens is 319 g/mol. The molecule has 0 atom stereocenters. The van der Waals surface area contributed by atoms with E-state index >= 15 is 0 Å². The second-order valence-electron chi connectivity index (χ2n) is 3.73. The van der Waals surface area contributed by atoms with Crippen molar-refractivity contribution in [1.82, 2.24) is 9.97 Å². The first-order valence-electron chi connectivity index (χ1n) is 6.01. The predicted octanol–water partition coefficient (Wildman–Crippen LogP) is 4.54. The van der Waals surface area contributed by atoms with Crippen LogP contribution in [-0.2, 0) is 0 Å². The van der Waals surface area contributed by atoms with Crippen molar-refractivity contribution in [2.45, 2.75) is 0 Å². The third-order valence-corrected chi connectivity index (χ3v) is 2.60. The van der Waals surface area contributed by atoms with Gasteiger partial charge >= 0.3 is 0 Å². The summed E-state index contributed by atoms with van der Waals surface area (Å²) in [5.41, 5.74) is 1.46. The van der Waals surface area contributed by atoms with Gasteiger partial charge < -0.3 is 0 Å². The van der Waals surface area contributed by atoms with E-state index in [2.05, 4.69) is 9.97 Å². The zero-order valence-corrected chi connectivity index (χ0v) is 12.8. The van der Waals surface area contributed by atoms with E-state index in [-0.39, 0.29) is 0 Å². The molecule has 0 spiro atoms. The van der Waals surface area contributed by atoms with Crippen molar-refractivity contribution in [2.24, 2.45) is 0 Å². The van der Waals surface area contributed by atoms with Gasteiger partial charge in [0.05, 0.1) is 33.6 Å². The van der Waals surface area contributed by atoms with Gasteiger partial charge in [0.15, 0.2) is 0 Å². The monoisotopic (exact) mass is 328 g/mol. The zero-order valence-electron chi connectivity index (χ0n) is 11.3. The van der Waals surface area contributed by atoms with E-state index in [1.54, 1.807) is 48.8 Å². The summed E-state index contributed by atoms with van der Waals surface area (Å²) in [6, 6.07) is 10.7. The summed E-state index contributed by atoms with van der Waals surface area (Å²) < 4.78 is 0. The van der Waals surface area contributed by atoms with Crippen LogP contribution in [0.2, 0.25) is 10.0 Å². The van der Waals surface area contributed by atoms with Gasteiger partial charge in [0.2, 0.25) is 0 Å². The number of nitriles is 2. The van der Waals surface area contributed by atoms with Gasteiger partial charge in [-0.3, -0.25) is 9.97 Å². The van der Waals surface area contributed by atoms with Crippen LogP contribution in [0.25, 0.3) is 12.2 Å². The van der Waals surface area contributed by atoms with Gasteiger partial charge in [-0.05, 0) is 36.4 Å². The fourth-order valence-corrected chi connectivity index (χ4v) is 1.44. The summed E-state index contributed by atoms with van der Waals surface area (Å²) in [5, 5.41) is 17.6. The van der Waals surface area contributed by atoms with Gasteiger partial charge in [-0.2, -0.15) is 10.5 Å². The maximum absolute atomic E-state index is 8.19. The Hall–Kier alpha value is -2.66. The van der Waals surface area contributed by atoms with Crippen molar-refractivity contribution < 1.29 is 0 Å². The van der Waals surface area contributed by atoms with Gasteiger partial charge in [0.25, 0.3) is 0 Å². The van der Waals surface area contributed by atoms with Gasteiger partial charge in [-0.1, -0.05) is 23.2 Å². The zero-order chi connectivity index (χ0) is 16.2. The quantitative estimate of drug-likeness (QED) is 0.758. The van der Waals surface area contributed by atoms with Crippen molar-refractivity contribution in [2.75, 3.05) is 0 Å². The lowest BCUT2D eigenvalue weighted by Gasteiger charge is -1.89. The minimum atomic E-state index is 0.596. The van der Waals surface area contributed by atoms with E-state index < -0.39 is 0 Å². The number of hydrogen-bond donors (Lipinski definition) is 0. The molecule has 0 saturated heterocycles. The Morgan fingerprint density at radius 1 is 0.773 bits per heavy atom. The highest BCUT2D eigenvalue weighted by Gasteiger charge is 1.88. The second kappa shape index (κ2) is 10.1. The number of rotatable bonds is 2. The van der Waals surface area contributed by atoms with Gasteiger partial charge in [0.1, 0.15) is 0 Å². The molecular formula is C16H10Cl2N4. The molecule has 0 aliphatic rings. The molecule has 22 heavy (non-hydrogen) atoms. The summed E-state index contributed by atoms with van der Waals surface area (Å²) in [5.74, 6) is 0. The van der Waals surface area contributed by atoms with Gasteiger partial charge in [-0.15, -0.1) is 0 Å². The molecule has 2 aromatic heterocycles. The summed E-state index contributed by atoms with van der Waals surface area (Å²) in [7, 11) is 0. The highest BCUT2D eigenvalue weighted by atomic mass is 35.5. The average molecular weight is 329 g/mol. The number of pyridine rings is 2. The number of hydrogen-bond acceptors (Lipinski definition) is 4. The number of nitrogens with zero attached hydrogens (tertiary/aromatic N) is 4. The van der Waals surface area contributed by atoms with Crippen LogP contribution in [0.3, 0.4) is 0 Å². The van der Waals surface area contributed by atoms with E-state index in [0.29, 0.717) is 10.0 Å². The van der Waals surface area contributed by atoms with Crippen LogP contribution in [0.5, 0.6) is 0 Å². The van der Waals surface area contributed by atoms with Crippen LogP contribution in [0, 0.1) is 22.7 Å². The van der Waals surface area contributed by atoms with E-state index in [4.69, 9.17) is 33.7 Å². The molecule has 0 saturated carbocycles. The molecule has 2 heterocycles. The second-order valence-corrected chi connectivity index (χ2v) is 4.60. The molecule has 2 aromatic rings. The third-order valence-electron chi connectivity index (χ3n) is 2.16. The molecule has 2 rings (SSSR count). The Kier molecular flexibility index (Phi) is 8.00. The summed E-state index contributed by atoms with van der Waals surface area (Å²) in [6.45, 7) is 0. The van der Waals surface area contributed by atoms with Crippen LogP contribution in [0.1, 0.15) is 11.4 Å². The maximum Gasteiger partial charge on any atom is 0.0912 e.